The molecule has 0 bridgehead atoms. The molecular weight excluding hydrogens is 446 g/mol. The van der Waals surface area contributed by atoms with Crippen LogP contribution in [-0.4, -0.2) is 47.9 Å². The molecule has 2 heterocycles. The number of hydrogen-bond acceptors (Lipinski definition) is 5. The molecule has 2 aromatic rings. The van der Waals surface area contributed by atoms with E-state index in [1.165, 1.54) is 0 Å². The number of aromatic nitrogens is 1. The maximum absolute atomic E-state index is 13.5. The lowest BCUT2D eigenvalue weighted by atomic mass is 9.64. The van der Waals surface area contributed by atoms with Gasteiger partial charge < -0.3 is 25.7 Å². The monoisotopic (exact) mass is 477 g/mol. The number of H-pyrrole nitrogens is 1. The number of carbonyl (C=O) groups excluding carboxylic acids is 3. The smallest absolute Gasteiger partial charge is 0.268 e. The third-order valence-electron chi connectivity index (χ3n) is 8.10. The first-order valence-corrected chi connectivity index (χ1v) is 12.3. The van der Waals surface area contributed by atoms with Gasteiger partial charge in [-0.15, -0.1) is 0 Å². The second-order valence-corrected chi connectivity index (χ2v) is 10.2. The Morgan fingerprint density at radius 2 is 2.11 bits per heavy atom. The summed E-state index contributed by atoms with van der Waals surface area (Å²) in [4.78, 5) is 42.2. The minimum absolute atomic E-state index is 0.0480. The fraction of sp³-hybridized carbons (Fsp3) is 0.538. The van der Waals surface area contributed by atoms with Crippen molar-refractivity contribution in [3.05, 3.63) is 30.0 Å². The predicted molar refractivity (Wildman–Crippen MR) is 128 cm³/mol. The van der Waals surface area contributed by atoms with Crippen molar-refractivity contribution >= 4 is 28.6 Å². The third-order valence-corrected chi connectivity index (χ3v) is 8.10. The predicted octanol–water partition coefficient (Wildman–Crippen LogP) is 2.25. The Balaban J connectivity index is 1.35. The summed E-state index contributed by atoms with van der Waals surface area (Å²) in [6, 6.07) is 8.79. The molecular formula is C26H31N5O4. The van der Waals surface area contributed by atoms with Crippen LogP contribution in [0.1, 0.15) is 49.5 Å². The van der Waals surface area contributed by atoms with Crippen molar-refractivity contribution in [1.29, 1.82) is 5.26 Å². The molecule has 4 N–H and O–H groups in total. The largest absolute Gasteiger partial charge is 0.496 e. The standard InChI is InChI=1S/C26H31N5O4/c1-14-22-16(12-28-25(22)34)8-9-26(14,13-27)31-24(33)19(10-15-6-7-15)30-23(32)20-11-17-18(29-20)4-3-5-21(17)35-2/h3-5,11,14-16,19,22,29H,6-10,12H2,1-2H3,(H,28,34)(H,30,32)(H,31,33)/t14?,16-,19-,22+,26+/m0/s1. The van der Waals surface area contributed by atoms with Gasteiger partial charge >= 0.3 is 0 Å². The third kappa shape index (κ3) is 4.22. The zero-order valence-corrected chi connectivity index (χ0v) is 20.0. The Kier molecular flexibility index (Phi) is 5.91. The van der Waals surface area contributed by atoms with E-state index in [1.54, 1.807) is 13.2 Å². The minimum Gasteiger partial charge on any atom is -0.496 e. The molecule has 3 fully saturated rings. The van der Waals surface area contributed by atoms with Gasteiger partial charge in [-0.3, -0.25) is 14.4 Å². The quantitative estimate of drug-likeness (QED) is 0.485. The highest BCUT2D eigenvalue weighted by molar-refractivity contribution is 6.01. The Hall–Kier alpha value is -3.54. The summed E-state index contributed by atoms with van der Waals surface area (Å²) in [6.07, 6.45) is 3.74. The van der Waals surface area contributed by atoms with Gasteiger partial charge in [0.1, 0.15) is 23.0 Å². The molecule has 184 valence electrons. The zero-order chi connectivity index (χ0) is 24.7. The van der Waals surface area contributed by atoms with Crippen molar-refractivity contribution < 1.29 is 19.1 Å². The lowest BCUT2D eigenvalue weighted by Crippen LogP contribution is -2.61. The maximum Gasteiger partial charge on any atom is 0.268 e. The van der Waals surface area contributed by atoms with E-state index in [0.717, 1.165) is 23.7 Å². The molecule has 35 heavy (non-hydrogen) atoms. The number of aromatic amines is 1. The molecule has 2 aliphatic carbocycles. The molecule has 5 atom stereocenters. The van der Waals surface area contributed by atoms with Gasteiger partial charge in [0.15, 0.2) is 0 Å². The van der Waals surface area contributed by atoms with E-state index in [-0.39, 0.29) is 35.5 Å². The molecule has 1 unspecified atom stereocenters. The molecule has 0 spiro atoms. The van der Waals surface area contributed by atoms with Gasteiger partial charge in [0.2, 0.25) is 11.8 Å². The molecule has 1 saturated heterocycles. The summed E-state index contributed by atoms with van der Waals surface area (Å²) >= 11 is 0. The van der Waals surface area contributed by atoms with E-state index < -0.39 is 11.6 Å². The van der Waals surface area contributed by atoms with Crippen molar-refractivity contribution in [2.45, 2.75) is 50.6 Å². The number of nitrogens with zero attached hydrogens (tertiary/aromatic N) is 1. The summed E-state index contributed by atoms with van der Waals surface area (Å²) < 4.78 is 5.38. The first-order chi connectivity index (χ1) is 16.8. The van der Waals surface area contributed by atoms with Crippen LogP contribution in [0, 0.1) is 35.0 Å². The molecule has 1 aromatic heterocycles. The Morgan fingerprint density at radius 1 is 1.31 bits per heavy atom. The Morgan fingerprint density at radius 3 is 2.83 bits per heavy atom. The van der Waals surface area contributed by atoms with E-state index in [0.29, 0.717) is 43.2 Å². The maximum atomic E-state index is 13.5. The summed E-state index contributed by atoms with van der Waals surface area (Å²) in [6.45, 7) is 2.50. The lowest BCUT2D eigenvalue weighted by Gasteiger charge is -2.43. The van der Waals surface area contributed by atoms with Crippen LogP contribution in [-0.2, 0) is 9.59 Å². The molecule has 9 nitrogen and oxygen atoms in total. The van der Waals surface area contributed by atoms with Gasteiger partial charge in [0.05, 0.1) is 13.2 Å². The average molecular weight is 478 g/mol. The fourth-order valence-electron chi connectivity index (χ4n) is 5.81. The van der Waals surface area contributed by atoms with Gasteiger partial charge in [-0.25, -0.2) is 0 Å². The van der Waals surface area contributed by atoms with Crippen LogP contribution in [0.3, 0.4) is 0 Å². The number of methoxy groups -OCH3 is 1. The van der Waals surface area contributed by atoms with Crippen molar-refractivity contribution in [3.8, 4) is 11.8 Å². The highest BCUT2D eigenvalue weighted by Gasteiger charge is 2.53. The molecule has 9 heteroatoms. The SMILES string of the molecule is COc1cccc2[nH]c(C(=O)N[C@@H](CC3CC3)C(=O)N[C@@]3(C#N)CC[C@H]4CNC(=O)[C@@H]4C3C)cc12. The van der Waals surface area contributed by atoms with Gasteiger partial charge in [-0.2, -0.15) is 5.26 Å². The normalized spacial score (nSPS) is 28.5. The number of nitriles is 1. The number of hydrogen-bond donors (Lipinski definition) is 4. The van der Waals surface area contributed by atoms with E-state index in [1.807, 2.05) is 25.1 Å². The number of fused-ring (bicyclic) bond motifs is 2. The van der Waals surface area contributed by atoms with E-state index in [9.17, 15) is 19.6 Å². The molecule has 2 saturated carbocycles. The van der Waals surface area contributed by atoms with Crippen molar-refractivity contribution in [2.24, 2.45) is 23.7 Å². The van der Waals surface area contributed by atoms with Crippen LogP contribution in [0.4, 0.5) is 0 Å². The highest BCUT2D eigenvalue weighted by atomic mass is 16.5. The van der Waals surface area contributed by atoms with Gasteiger partial charge in [-0.05, 0) is 49.3 Å². The van der Waals surface area contributed by atoms with Crippen LogP contribution in [0.5, 0.6) is 5.75 Å². The van der Waals surface area contributed by atoms with Crippen LogP contribution in [0.25, 0.3) is 10.9 Å². The second kappa shape index (κ2) is 8.91. The summed E-state index contributed by atoms with van der Waals surface area (Å²) in [7, 11) is 1.58. The van der Waals surface area contributed by atoms with Gasteiger partial charge in [0.25, 0.3) is 5.91 Å². The van der Waals surface area contributed by atoms with Crippen molar-refractivity contribution in [3.63, 3.8) is 0 Å². The number of benzene rings is 1. The average Bonchev–Trinajstić information content (AvgIpc) is 3.43. The number of rotatable bonds is 7. The lowest BCUT2D eigenvalue weighted by molar-refractivity contribution is -0.130. The van der Waals surface area contributed by atoms with E-state index in [4.69, 9.17) is 4.74 Å². The van der Waals surface area contributed by atoms with E-state index >= 15 is 0 Å². The number of ether oxygens (including phenoxy) is 1. The first-order valence-electron chi connectivity index (χ1n) is 12.3. The summed E-state index contributed by atoms with van der Waals surface area (Å²) in [5.41, 5.74) is -0.0350. The van der Waals surface area contributed by atoms with Gasteiger partial charge in [-0.1, -0.05) is 25.8 Å². The van der Waals surface area contributed by atoms with Gasteiger partial charge in [0, 0.05) is 29.3 Å². The second-order valence-electron chi connectivity index (χ2n) is 10.2. The van der Waals surface area contributed by atoms with Crippen molar-refractivity contribution in [1.82, 2.24) is 20.9 Å². The van der Waals surface area contributed by atoms with Crippen LogP contribution >= 0.6 is 0 Å². The van der Waals surface area contributed by atoms with E-state index in [2.05, 4.69) is 27.0 Å². The van der Waals surface area contributed by atoms with Crippen molar-refractivity contribution in [2.75, 3.05) is 13.7 Å². The number of amides is 3. The summed E-state index contributed by atoms with van der Waals surface area (Å²) in [5.74, 6) is -0.198. The minimum atomic E-state index is -1.14. The molecule has 0 radical (unpaired) electrons. The van der Waals surface area contributed by atoms with Crippen LogP contribution < -0.4 is 20.7 Å². The summed E-state index contributed by atoms with van der Waals surface area (Å²) in [5, 5.41) is 19.7. The first kappa shape index (κ1) is 23.2. The fourth-order valence-corrected chi connectivity index (χ4v) is 5.81. The molecule has 5 rings (SSSR count). The molecule has 3 amide bonds. The zero-order valence-electron chi connectivity index (χ0n) is 20.0. The Labute approximate surface area is 204 Å². The number of nitrogens with one attached hydrogen (secondary N) is 4. The Bertz CT molecular complexity index is 1210. The number of carbonyl (C=O) groups is 3. The molecule has 1 aliphatic heterocycles. The topological polar surface area (TPSA) is 136 Å². The highest BCUT2D eigenvalue weighted by Crippen LogP contribution is 2.43. The molecule has 3 aliphatic rings. The van der Waals surface area contributed by atoms with Crippen LogP contribution in [0.2, 0.25) is 0 Å². The van der Waals surface area contributed by atoms with Crippen LogP contribution in [0.15, 0.2) is 24.3 Å². The molecule has 1 aromatic carbocycles.